The highest BCUT2D eigenvalue weighted by Gasteiger charge is 2.30. The lowest BCUT2D eigenvalue weighted by atomic mass is 10.2. The Morgan fingerprint density at radius 3 is 2.69 bits per heavy atom. The van der Waals surface area contributed by atoms with E-state index in [-0.39, 0.29) is 20.6 Å². The molecule has 0 radical (unpaired) electrons. The Labute approximate surface area is 210 Å². The van der Waals surface area contributed by atoms with Crippen molar-refractivity contribution in [2.75, 3.05) is 18.4 Å². The number of nitrogens with zero attached hydrogens (tertiary/aromatic N) is 2. The van der Waals surface area contributed by atoms with Crippen LogP contribution in [0.25, 0.3) is 15.9 Å². The first kappa shape index (κ1) is 23.5. The molecule has 0 unspecified atom stereocenters. The van der Waals surface area contributed by atoms with Crippen molar-refractivity contribution in [1.82, 2.24) is 20.2 Å². The van der Waals surface area contributed by atoms with Crippen LogP contribution in [0.4, 0.5) is 9.93 Å². The molecule has 0 bridgehead atoms. The Balaban J connectivity index is 1.30. The van der Waals surface area contributed by atoms with Crippen LogP contribution in [0, 0.1) is 0 Å². The lowest BCUT2D eigenvalue weighted by molar-refractivity contribution is 0.0967. The number of fused-ring (bicyclic) bond motifs is 1. The van der Waals surface area contributed by atoms with E-state index in [1.54, 1.807) is 30.3 Å². The Morgan fingerprint density at radius 1 is 1.14 bits per heavy atom. The van der Waals surface area contributed by atoms with E-state index in [1.165, 1.54) is 6.07 Å². The maximum Gasteiger partial charge on any atom is 0.327 e. The van der Waals surface area contributed by atoms with E-state index in [9.17, 15) is 18.0 Å². The zero-order valence-corrected chi connectivity index (χ0v) is 20.6. The fraction of sp³-hybridized carbons (Fsp3) is 0.174. The van der Waals surface area contributed by atoms with E-state index in [2.05, 4.69) is 20.9 Å². The van der Waals surface area contributed by atoms with Gasteiger partial charge in [-0.1, -0.05) is 22.9 Å². The summed E-state index contributed by atoms with van der Waals surface area (Å²) in [6, 6.07) is 12.6. The molecule has 0 spiro atoms. The van der Waals surface area contributed by atoms with Gasteiger partial charge in [0.1, 0.15) is 0 Å². The van der Waals surface area contributed by atoms with Crippen molar-refractivity contribution in [1.29, 1.82) is 0 Å². The number of nitrogens with one attached hydrogen (secondary N) is 3. The average molecular weight is 530 g/mol. The number of hydrogen-bond donors (Lipinski definition) is 3. The summed E-state index contributed by atoms with van der Waals surface area (Å²) in [5.41, 5.74) is 1.41. The SMILES string of the molecule is O=C(NC(=O)c1cc(-n2cccc2)ccc1Cl)Nc1nc2ccc(S(=O)(=O)[C@@H]3CCNC3)cc2s1. The van der Waals surface area contributed by atoms with Gasteiger partial charge >= 0.3 is 6.03 Å². The maximum atomic E-state index is 12.9. The van der Waals surface area contributed by atoms with E-state index >= 15 is 0 Å². The summed E-state index contributed by atoms with van der Waals surface area (Å²) in [7, 11) is -3.46. The molecule has 4 aromatic rings. The minimum atomic E-state index is -3.46. The molecule has 2 aromatic heterocycles. The summed E-state index contributed by atoms with van der Waals surface area (Å²) in [4.78, 5) is 29.7. The minimum absolute atomic E-state index is 0.147. The van der Waals surface area contributed by atoms with Gasteiger partial charge in [0.05, 0.1) is 30.9 Å². The van der Waals surface area contributed by atoms with Gasteiger partial charge < -0.3 is 9.88 Å². The highest BCUT2D eigenvalue weighted by Crippen LogP contribution is 2.30. The van der Waals surface area contributed by atoms with Crippen molar-refractivity contribution in [2.24, 2.45) is 0 Å². The number of sulfone groups is 1. The molecule has 1 aliphatic rings. The summed E-state index contributed by atoms with van der Waals surface area (Å²) in [5, 5.41) is 7.85. The van der Waals surface area contributed by atoms with Crippen LogP contribution in [0.2, 0.25) is 5.02 Å². The van der Waals surface area contributed by atoms with Crippen molar-refractivity contribution >= 4 is 60.1 Å². The zero-order valence-electron chi connectivity index (χ0n) is 18.2. The lowest BCUT2D eigenvalue weighted by Crippen LogP contribution is -2.34. The van der Waals surface area contributed by atoms with Crippen LogP contribution in [0.1, 0.15) is 16.8 Å². The van der Waals surface area contributed by atoms with Gasteiger partial charge in [-0.05, 0) is 61.5 Å². The first-order chi connectivity index (χ1) is 16.8. The molecule has 0 saturated carbocycles. The molecule has 1 saturated heterocycles. The summed E-state index contributed by atoms with van der Waals surface area (Å²) in [6.45, 7) is 1.11. The highest BCUT2D eigenvalue weighted by molar-refractivity contribution is 7.92. The summed E-state index contributed by atoms with van der Waals surface area (Å²) in [6.07, 6.45) is 4.22. The van der Waals surface area contributed by atoms with Crippen LogP contribution < -0.4 is 16.0 Å². The molecule has 180 valence electrons. The molecule has 3 heterocycles. The maximum absolute atomic E-state index is 12.9. The number of rotatable bonds is 5. The first-order valence-corrected chi connectivity index (χ1v) is 13.5. The Kier molecular flexibility index (Phi) is 6.32. The zero-order chi connectivity index (χ0) is 24.6. The van der Waals surface area contributed by atoms with Crippen molar-refractivity contribution in [3.05, 3.63) is 71.5 Å². The molecule has 9 nitrogen and oxygen atoms in total. The number of carbonyl (C=O) groups excluding carboxylic acids is 2. The summed E-state index contributed by atoms with van der Waals surface area (Å²) >= 11 is 7.30. The second kappa shape index (κ2) is 9.42. The van der Waals surface area contributed by atoms with Crippen molar-refractivity contribution < 1.29 is 18.0 Å². The lowest BCUT2D eigenvalue weighted by Gasteiger charge is -2.10. The third kappa shape index (κ3) is 4.80. The molecule has 35 heavy (non-hydrogen) atoms. The quantitative estimate of drug-likeness (QED) is 0.361. The van der Waals surface area contributed by atoms with Crippen molar-refractivity contribution in [2.45, 2.75) is 16.6 Å². The largest absolute Gasteiger partial charge is 0.327 e. The third-order valence-electron chi connectivity index (χ3n) is 5.69. The number of hydrogen-bond acceptors (Lipinski definition) is 7. The molecule has 12 heteroatoms. The van der Waals surface area contributed by atoms with Gasteiger partial charge in [0, 0.05) is 24.6 Å². The number of urea groups is 1. The topological polar surface area (TPSA) is 122 Å². The van der Waals surface area contributed by atoms with Crippen LogP contribution in [-0.2, 0) is 9.84 Å². The molecule has 1 atom stereocenters. The number of carbonyl (C=O) groups is 2. The van der Waals surface area contributed by atoms with Crippen LogP contribution in [-0.4, -0.2) is 48.2 Å². The fourth-order valence-corrected chi connectivity index (χ4v) is 6.74. The Hall–Kier alpha value is -3.25. The van der Waals surface area contributed by atoms with Gasteiger partial charge in [-0.15, -0.1) is 0 Å². The normalized spacial score (nSPS) is 15.9. The van der Waals surface area contributed by atoms with Crippen molar-refractivity contribution in [3.8, 4) is 5.69 Å². The van der Waals surface area contributed by atoms with Gasteiger partial charge in [0.15, 0.2) is 15.0 Å². The fourth-order valence-electron chi connectivity index (χ4n) is 3.87. The number of amides is 3. The average Bonchev–Trinajstić information content (AvgIpc) is 3.60. The number of aromatic nitrogens is 2. The van der Waals surface area contributed by atoms with Crippen LogP contribution >= 0.6 is 22.9 Å². The molecular weight excluding hydrogens is 510 g/mol. The highest BCUT2D eigenvalue weighted by atomic mass is 35.5. The third-order valence-corrected chi connectivity index (χ3v) is 9.14. The second-order valence-electron chi connectivity index (χ2n) is 7.97. The molecule has 1 fully saturated rings. The summed E-state index contributed by atoms with van der Waals surface area (Å²) < 4.78 is 28.1. The predicted octanol–water partition coefficient (Wildman–Crippen LogP) is 3.84. The molecule has 3 amide bonds. The molecule has 1 aliphatic heterocycles. The number of halogens is 1. The molecule has 5 rings (SSSR count). The Morgan fingerprint density at radius 2 is 1.94 bits per heavy atom. The van der Waals surface area contributed by atoms with Crippen molar-refractivity contribution in [3.63, 3.8) is 0 Å². The number of thiazole rings is 1. The standard InChI is InChI=1S/C23H20ClN5O4S2/c24-18-5-3-14(29-9-1-2-10-29)11-17(18)21(30)27-22(31)28-23-26-19-6-4-15(12-20(19)34-23)35(32,33)16-7-8-25-13-16/h1-6,9-12,16,25H,7-8,13H2,(H2,26,27,28,30,31)/t16-/m1/s1. The number of anilines is 1. The molecule has 3 N–H and O–H groups in total. The van der Waals surface area contributed by atoms with Crippen LogP contribution in [0.5, 0.6) is 0 Å². The van der Waals surface area contributed by atoms with Gasteiger partial charge in [0.2, 0.25) is 0 Å². The Bertz CT molecular complexity index is 1530. The van der Waals surface area contributed by atoms with Crippen LogP contribution in [0.3, 0.4) is 0 Å². The second-order valence-corrected chi connectivity index (χ2v) is 11.6. The first-order valence-electron chi connectivity index (χ1n) is 10.7. The monoisotopic (exact) mass is 529 g/mol. The molecule has 0 aliphatic carbocycles. The van der Waals surface area contributed by atoms with E-state index in [4.69, 9.17) is 11.6 Å². The van der Waals surface area contributed by atoms with Gasteiger partial charge in [0.25, 0.3) is 5.91 Å². The summed E-state index contributed by atoms with van der Waals surface area (Å²) in [5.74, 6) is -0.666. The number of imide groups is 1. The van der Waals surface area contributed by atoms with E-state index in [1.807, 2.05) is 29.1 Å². The van der Waals surface area contributed by atoms with E-state index in [0.717, 1.165) is 17.0 Å². The smallest absolute Gasteiger partial charge is 0.324 e. The molecule has 2 aromatic carbocycles. The van der Waals surface area contributed by atoms with Crippen LogP contribution in [0.15, 0.2) is 65.8 Å². The number of benzene rings is 2. The van der Waals surface area contributed by atoms with Gasteiger partial charge in [-0.2, -0.15) is 0 Å². The van der Waals surface area contributed by atoms with E-state index in [0.29, 0.717) is 29.7 Å². The van der Waals surface area contributed by atoms with Gasteiger partial charge in [-0.25, -0.2) is 18.2 Å². The molecular formula is C23H20ClN5O4S2. The predicted molar refractivity (Wildman–Crippen MR) is 135 cm³/mol. The minimum Gasteiger partial charge on any atom is -0.324 e. The van der Waals surface area contributed by atoms with E-state index < -0.39 is 27.0 Å². The van der Waals surface area contributed by atoms with Gasteiger partial charge in [-0.3, -0.25) is 15.4 Å².